The first kappa shape index (κ1) is 14.5. The van der Waals surface area contributed by atoms with Crippen LogP contribution in [-0.4, -0.2) is 16.1 Å². The van der Waals surface area contributed by atoms with E-state index in [0.29, 0.717) is 29.1 Å². The quantitative estimate of drug-likeness (QED) is 0.920. The van der Waals surface area contributed by atoms with E-state index in [1.165, 1.54) is 0 Å². The maximum Gasteiger partial charge on any atom is 0.247 e. The molecule has 1 aromatic heterocycles. The van der Waals surface area contributed by atoms with Crippen molar-refractivity contribution < 1.29 is 9.21 Å². The molecule has 20 heavy (non-hydrogen) atoms. The maximum atomic E-state index is 11.5. The standard InChI is InChI=1S/C14H16ClN3O2/c1-9(2)7-12(19)16-8-13-17-18-14(20-13)10-3-5-11(15)6-4-10/h3-6,9H,7-8H2,1-2H3,(H,16,19). The normalized spacial score (nSPS) is 10.8. The number of nitrogens with zero attached hydrogens (tertiary/aromatic N) is 2. The summed E-state index contributed by atoms with van der Waals surface area (Å²) in [6.07, 6.45) is 0.484. The lowest BCUT2D eigenvalue weighted by Crippen LogP contribution is -2.24. The Morgan fingerprint density at radius 2 is 2.00 bits per heavy atom. The molecule has 1 aromatic carbocycles. The van der Waals surface area contributed by atoms with Crippen LogP contribution < -0.4 is 5.32 Å². The Balaban J connectivity index is 1.95. The lowest BCUT2D eigenvalue weighted by molar-refractivity contribution is -0.122. The molecule has 1 N–H and O–H groups in total. The molecule has 0 aliphatic rings. The fraction of sp³-hybridized carbons (Fsp3) is 0.357. The predicted octanol–water partition coefficient (Wildman–Crippen LogP) is 3.05. The third-order valence-corrected chi connectivity index (χ3v) is 2.84. The van der Waals surface area contributed by atoms with Crippen LogP contribution in [0.3, 0.4) is 0 Å². The summed E-state index contributed by atoms with van der Waals surface area (Å²) in [5.74, 6) is 1.09. The van der Waals surface area contributed by atoms with Gasteiger partial charge in [-0.3, -0.25) is 4.79 Å². The highest BCUT2D eigenvalue weighted by Gasteiger charge is 2.10. The number of rotatable bonds is 5. The van der Waals surface area contributed by atoms with Crippen LogP contribution in [0.5, 0.6) is 0 Å². The molecule has 106 valence electrons. The van der Waals surface area contributed by atoms with Gasteiger partial charge in [-0.1, -0.05) is 25.4 Å². The number of carbonyl (C=O) groups excluding carboxylic acids is 1. The van der Waals surface area contributed by atoms with Crippen LogP contribution >= 0.6 is 11.6 Å². The van der Waals surface area contributed by atoms with E-state index in [9.17, 15) is 4.79 Å². The summed E-state index contributed by atoms with van der Waals surface area (Å²) in [6.45, 7) is 4.22. The summed E-state index contributed by atoms with van der Waals surface area (Å²) in [7, 11) is 0. The van der Waals surface area contributed by atoms with E-state index in [2.05, 4.69) is 15.5 Å². The van der Waals surface area contributed by atoms with Crippen molar-refractivity contribution in [3.63, 3.8) is 0 Å². The maximum absolute atomic E-state index is 11.5. The molecule has 0 spiro atoms. The molecule has 2 rings (SSSR count). The number of carbonyl (C=O) groups is 1. The van der Waals surface area contributed by atoms with E-state index in [1.807, 2.05) is 13.8 Å². The highest BCUT2D eigenvalue weighted by molar-refractivity contribution is 6.30. The Hall–Kier alpha value is -1.88. The Labute approximate surface area is 122 Å². The summed E-state index contributed by atoms with van der Waals surface area (Å²) in [6, 6.07) is 7.12. The second-order valence-corrected chi connectivity index (χ2v) is 5.32. The van der Waals surface area contributed by atoms with Gasteiger partial charge in [-0.25, -0.2) is 0 Å². The van der Waals surface area contributed by atoms with E-state index in [-0.39, 0.29) is 12.5 Å². The number of aromatic nitrogens is 2. The highest BCUT2D eigenvalue weighted by atomic mass is 35.5. The van der Waals surface area contributed by atoms with Gasteiger partial charge in [0.25, 0.3) is 0 Å². The van der Waals surface area contributed by atoms with Crippen molar-refractivity contribution in [1.82, 2.24) is 15.5 Å². The van der Waals surface area contributed by atoms with Crippen LogP contribution in [0.1, 0.15) is 26.2 Å². The van der Waals surface area contributed by atoms with E-state index < -0.39 is 0 Å². The average Bonchev–Trinajstić information content (AvgIpc) is 2.85. The van der Waals surface area contributed by atoms with Gasteiger partial charge >= 0.3 is 0 Å². The zero-order valence-electron chi connectivity index (χ0n) is 11.4. The lowest BCUT2D eigenvalue weighted by Gasteiger charge is -2.04. The molecular weight excluding hydrogens is 278 g/mol. The molecule has 2 aromatic rings. The zero-order chi connectivity index (χ0) is 14.5. The van der Waals surface area contributed by atoms with Crippen molar-refractivity contribution in [3.05, 3.63) is 35.2 Å². The molecule has 0 aliphatic heterocycles. The molecule has 0 bridgehead atoms. The largest absolute Gasteiger partial charge is 0.419 e. The first-order chi connectivity index (χ1) is 9.54. The second-order valence-electron chi connectivity index (χ2n) is 4.88. The average molecular weight is 294 g/mol. The van der Waals surface area contributed by atoms with Gasteiger partial charge in [0, 0.05) is 17.0 Å². The summed E-state index contributed by atoms with van der Waals surface area (Å²) in [5.41, 5.74) is 0.793. The van der Waals surface area contributed by atoms with Gasteiger partial charge in [0.1, 0.15) is 0 Å². The third-order valence-electron chi connectivity index (χ3n) is 2.59. The van der Waals surface area contributed by atoms with E-state index >= 15 is 0 Å². The van der Waals surface area contributed by atoms with Crippen LogP contribution in [0, 0.1) is 5.92 Å². The number of hydrogen-bond acceptors (Lipinski definition) is 4. The first-order valence-corrected chi connectivity index (χ1v) is 6.77. The van der Waals surface area contributed by atoms with Crippen molar-refractivity contribution in [1.29, 1.82) is 0 Å². The molecule has 1 amide bonds. The summed E-state index contributed by atoms with van der Waals surface area (Å²) >= 11 is 5.82. The summed E-state index contributed by atoms with van der Waals surface area (Å²) in [4.78, 5) is 11.5. The van der Waals surface area contributed by atoms with Crippen LogP contribution in [0.15, 0.2) is 28.7 Å². The van der Waals surface area contributed by atoms with Crippen molar-refractivity contribution in [2.24, 2.45) is 5.92 Å². The van der Waals surface area contributed by atoms with E-state index in [0.717, 1.165) is 5.56 Å². The van der Waals surface area contributed by atoms with Gasteiger partial charge < -0.3 is 9.73 Å². The molecule has 0 radical (unpaired) electrons. The molecule has 0 atom stereocenters. The minimum atomic E-state index is -0.0220. The Bertz CT molecular complexity index is 578. The topological polar surface area (TPSA) is 68.0 Å². The fourth-order valence-electron chi connectivity index (χ4n) is 1.65. The molecule has 6 heteroatoms. The van der Waals surface area contributed by atoms with Gasteiger partial charge in [-0.05, 0) is 30.2 Å². The van der Waals surface area contributed by atoms with E-state index in [4.69, 9.17) is 16.0 Å². The number of amides is 1. The minimum Gasteiger partial charge on any atom is -0.419 e. The monoisotopic (exact) mass is 293 g/mol. The van der Waals surface area contributed by atoms with Crippen LogP contribution in [-0.2, 0) is 11.3 Å². The Morgan fingerprint density at radius 1 is 1.30 bits per heavy atom. The van der Waals surface area contributed by atoms with E-state index in [1.54, 1.807) is 24.3 Å². The van der Waals surface area contributed by atoms with Gasteiger partial charge in [-0.2, -0.15) is 0 Å². The van der Waals surface area contributed by atoms with Gasteiger partial charge in [0.2, 0.25) is 17.7 Å². The third kappa shape index (κ3) is 4.06. The number of halogens is 1. The second kappa shape index (κ2) is 6.52. The molecule has 0 unspecified atom stereocenters. The van der Waals surface area contributed by atoms with Crippen LogP contribution in [0.2, 0.25) is 5.02 Å². The zero-order valence-corrected chi connectivity index (χ0v) is 12.1. The number of hydrogen-bond donors (Lipinski definition) is 1. The Kier molecular flexibility index (Phi) is 4.74. The molecule has 0 aliphatic carbocycles. The Morgan fingerprint density at radius 3 is 2.65 bits per heavy atom. The molecule has 5 nitrogen and oxygen atoms in total. The lowest BCUT2D eigenvalue weighted by atomic mass is 10.1. The molecule has 0 saturated heterocycles. The van der Waals surface area contributed by atoms with Gasteiger partial charge in [-0.15, -0.1) is 10.2 Å². The molecule has 1 heterocycles. The van der Waals surface area contributed by atoms with Crippen LogP contribution in [0.4, 0.5) is 0 Å². The highest BCUT2D eigenvalue weighted by Crippen LogP contribution is 2.20. The predicted molar refractivity (Wildman–Crippen MR) is 76.0 cm³/mol. The van der Waals surface area contributed by atoms with Crippen molar-refractivity contribution in [2.75, 3.05) is 0 Å². The van der Waals surface area contributed by atoms with Crippen LogP contribution in [0.25, 0.3) is 11.5 Å². The summed E-state index contributed by atoms with van der Waals surface area (Å²) in [5, 5.41) is 11.2. The SMILES string of the molecule is CC(C)CC(=O)NCc1nnc(-c2ccc(Cl)cc2)o1. The number of nitrogens with one attached hydrogen (secondary N) is 1. The van der Waals surface area contributed by atoms with Crippen molar-refractivity contribution in [2.45, 2.75) is 26.8 Å². The van der Waals surface area contributed by atoms with Gasteiger partial charge in [0.05, 0.1) is 6.54 Å². The molecule has 0 fully saturated rings. The number of benzene rings is 1. The molecule has 0 saturated carbocycles. The van der Waals surface area contributed by atoms with Crippen molar-refractivity contribution in [3.8, 4) is 11.5 Å². The van der Waals surface area contributed by atoms with Crippen molar-refractivity contribution >= 4 is 17.5 Å². The first-order valence-electron chi connectivity index (χ1n) is 6.39. The molecular formula is C14H16ClN3O2. The smallest absolute Gasteiger partial charge is 0.247 e. The minimum absolute atomic E-state index is 0.0220. The fourth-order valence-corrected chi connectivity index (χ4v) is 1.78. The van der Waals surface area contributed by atoms with Gasteiger partial charge in [0.15, 0.2) is 0 Å². The summed E-state index contributed by atoms with van der Waals surface area (Å²) < 4.78 is 5.48.